The van der Waals surface area contributed by atoms with Gasteiger partial charge in [-0.1, -0.05) is 39.0 Å². The van der Waals surface area contributed by atoms with Crippen LogP contribution >= 0.6 is 0 Å². The van der Waals surface area contributed by atoms with Crippen molar-refractivity contribution < 1.29 is 14.0 Å². The van der Waals surface area contributed by atoms with E-state index in [4.69, 9.17) is 4.42 Å². The van der Waals surface area contributed by atoms with Crippen molar-refractivity contribution in [3.8, 4) is 0 Å². The standard InChI is InChI=1S/C22H31N3O3/c1-3-12-25-20(26)18-14-19-17(11-13-28-19)24(18)15-22(25,2)21(27)23-16-9-7-5-4-6-8-10-16/h11,13-14,16H,3-10,12,15H2,1-2H3,(H,23,27). The van der Waals surface area contributed by atoms with Crippen molar-refractivity contribution in [3.63, 3.8) is 0 Å². The highest BCUT2D eigenvalue weighted by molar-refractivity contribution is 6.02. The molecular weight excluding hydrogens is 354 g/mol. The summed E-state index contributed by atoms with van der Waals surface area (Å²) < 4.78 is 7.45. The predicted octanol–water partition coefficient (Wildman–Crippen LogP) is 4.09. The molecule has 1 fully saturated rings. The molecule has 1 N–H and O–H groups in total. The van der Waals surface area contributed by atoms with Crippen molar-refractivity contribution in [2.75, 3.05) is 6.54 Å². The summed E-state index contributed by atoms with van der Waals surface area (Å²) in [6, 6.07) is 3.88. The van der Waals surface area contributed by atoms with E-state index in [-0.39, 0.29) is 17.9 Å². The molecule has 6 heteroatoms. The van der Waals surface area contributed by atoms with Crippen LogP contribution in [-0.2, 0) is 11.3 Å². The van der Waals surface area contributed by atoms with Gasteiger partial charge in [-0.2, -0.15) is 0 Å². The Morgan fingerprint density at radius 1 is 1.25 bits per heavy atom. The van der Waals surface area contributed by atoms with Crippen molar-refractivity contribution in [1.29, 1.82) is 0 Å². The Labute approximate surface area is 166 Å². The lowest BCUT2D eigenvalue weighted by atomic mass is 9.92. The molecule has 0 spiro atoms. The lowest BCUT2D eigenvalue weighted by Gasteiger charge is -2.44. The number of carbonyl (C=O) groups excluding carboxylic acids is 2. The molecule has 6 nitrogen and oxygen atoms in total. The van der Waals surface area contributed by atoms with Crippen molar-refractivity contribution in [1.82, 2.24) is 14.8 Å². The summed E-state index contributed by atoms with van der Waals surface area (Å²) in [5.74, 6) is -0.120. The van der Waals surface area contributed by atoms with Crippen LogP contribution in [-0.4, -0.2) is 39.4 Å². The summed E-state index contributed by atoms with van der Waals surface area (Å²) in [5.41, 5.74) is 1.29. The van der Waals surface area contributed by atoms with Gasteiger partial charge in [-0.25, -0.2) is 0 Å². The Bertz CT molecular complexity index is 860. The van der Waals surface area contributed by atoms with Crippen LogP contribution in [0.15, 0.2) is 22.8 Å². The van der Waals surface area contributed by atoms with Gasteiger partial charge in [0.1, 0.15) is 11.2 Å². The third-order valence-electron chi connectivity index (χ3n) is 6.43. The van der Waals surface area contributed by atoms with E-state index in [1.54, 1.807) is 17.2 Å². The molecule has 3 heterocycles. The number of carbonyl (C=O) groups is 2. The Hall–Kier alpha value is -2.24. The van der Waals surface area contributed by atoms with Gasteiger partial charge >= 0.3 is 0 Å². The number of amides is 2. The third kappa shape index (κ3) is 3.23. The molecule has 1 aliphatic heterocycles. The van der Waals surface area contributed by atoms with Gasteiger partial charge in [-0.3, -0.25) is 9.59 Å². The maximum atomic E-state index is 13.5. The maximum absolute atomic E-state index is 13.5. The van der Waals surface area contributed by atoms with Crippen molar-refractivity contribution in [3.05, 3.63) is 24.1 Å². The van der Waals surface area contributed by atoms with Crippen LogP contribution in [0.3, 0.4) is 0 Å². The Balaban J connectivity index is 1.63. The summed E-state index contributed by atoms with van der Waals surface area (Å²) in [5, 5.41) is 3.30. The Morgan fingerprint density at radius 3 is 2.68 bits per heavy atom. The minimum atomic E-state index is -0.897. The predicted molar refractivity (Wildman–Crippen MR) is 108 cm³/mol. The molecule has 152 valence electrons. The van der Waals surface area contributed by atoms with Crippen molar-refractivity contribution >= 4 is 22.9 Å². The molecule has 1 aliphatic carbocycles. The fourth-order valence-electron chi connectivity index (χ4n) is 4.79. The van der Waals surface area contributed by atoms with E-state index in [1.807, 2.05) is 24.5 Å². The minimum absolute atomic E-state index is 0.0316. The van der Waals surface area contributed by atoms with Gasteiger partial charge in [0, 0.05) is 24.7 Å². The molecule has 2 aromatic rings. The van der Waals surface area contributed by atoms with Crippen LogP contribution in [0.2, 0.25) is 0 Å². The number of rotatable bonds is 4. The fraction of sp³-hybridized carbons (Fsp3) is 0.636. The van der Waals surface area contributed by atoms with E-state index >= 15 is 0 Å². The number of furan rings is 1. The van der Waals surface area contributed by atoms with Crippen LogP contribution in [0.25, 0.3) is 11.1 Å². The van der Waals surface area contributed by atoms with E-state index in [0.29, 0.717) is 24.4 Å². The highest BCUT2D eigenvalue weighted by Crippen LogP contribution is 2.33. The van der Waals surface area contributed by atoms with Crippen LogP contribution < -0.4 is 5.32 Å². The van der Waals surface area contributed by atoms with Gasteiger partial charge in [0.2, 0.25) is 5.91 Å². The molecule has 1 unspecified atom stereocenters. The Kier molecular flexibility index (Phi) is 5.21. The zero-order valence-electron chi connectivity index (χ0n) is 17.0. The van der Waals surface area contributed by atoms with E-state index in [0.717, 1.165) is 37.6 Å². The maximum Gasteiger partial charge on any atom is 0.271 e. The first-order chi connectivity index (χ1) is 13.5. The first kappa shape index (κ1) is 19.1. The zero-order chi connectivity index (χ0) is 19.7. The molecule has 0 radical (unpaired) electrons. The number of hydrogen-bond donors (Lipinski definition) is 1. The molecule has 0 bridgehead atoms. The number of hydrogen-bond acceptors (Lipinski definition) is 3. The van der Waals surface area contributed by atoms with Crippen LogP contribution in [0.1, 0.15) is 75.7 Å². The quantitative estimate of drug-likeness (QED) is 0.862. The van der Waals surface area contributed by atoms with Gasteiger partial charge in [-0.15, -0.1) is 0 Å². The average Bonchev–Trinajstić information content (AvgIpc) is 3.23. The van der Waals surface area contributed by atoms with Gasteiger partial charge in [0.25, 0.3) is 5.91 Å². The second kappa shape index (κ2) is 7.64. The summed E-state index contributed by atoms with van der Waals surface area (Å²) in [6.07, 6.45) is 10.6. The van der Waals surface area contributed by atoms with Crippen LogP contribution in [0.5, 0.6) is 0 Å². The molecule has 1 saturated carbocycles. The van der Waals surface area contributed by atoms with Crippen LogP contribution in [0.4, 0.5) is 0 Å². The molecule has 0 saturated heterocycles. The van der Waals surface area contributed by atoms with Gasteiger partial charge in [-0.05, 0) is 26.2 Å². The van der Waals surface area contributed by atoms with Crippen molar-refractivity contribution in [2.24, 2.45) is 0 Å². The normalized spacial score (nSPS) is 24.1. The molecule has 0 aromatic carbocycles. The molecule has 1 atom stereocenters. The lowest BCUT2D eigenvalue weighted by Crippen LogP contribution is -2.65. The van der Waals surface area contributed by atoms with Gasteiger partial charge in [0.15, 0.2) is 5.58 Å². The summed E-state index contributed by atoms with van der Waals surface area (Å²) in [7, 11) is 0. The molecule has 4 rings (SSSR count). The number of fused-ring (bicyclic) bond motifs is 3. The second-order valence-electron chi connectivity index (χ2n) is 8.53. The number of nitrogens with one attached hydrogen (secondary N) is 1. The van der Waals surface area contributed by atoms with Gasteiger partial charge in [0.05, 0.1) is 18.3 Å². The monoisotopic (exact) mass is 385 g/mol. The van der Waals surface area contributed by atoms with Crippen LogP contribution in [0, 0.1) is 0 Å². The average molecular weight is 386 g/mol. The SMILES string of the molecule is CCCN1C(=O)c2cc3occc3n2CC1(C)C(=O)NC1CCCCCCC1. The fourth-order valence-corrected chi connectivity index (χ4v) is 4.79. The number of aromatic nitrogens is 1. The highest BCUT2D eigenvalue weighted by Gasteiger charge is 2.47. The highest BCUT2D eigenvalue weighted by atomic mass is 16.3. The molecular formula is C22H31N3O3. The second-order valence-corrected chi connectivity index (χ2v) is 8.53. The first-order valence-electron chi connectivity index (χ1n) is 10.7. The minimum Gasteiger partial charge on any atom is -0.463 e. The van der Waals surface area contributed by atoms with E-state index in [1.165, 1.54) is 19.3 Å². The van der Waals surface area contributed by atoms with Crippen molar-refractivity contribution in [2.45, 2.75) is 83.3 Å². The van der Waals surface area contributed by atoms with Gasteiger partial charge < -0.3 is 19.2 Å². The lowest BCUT2D eigenvalue weighted by molar-refractivity contribution is -0.133. The Morgan fingerprint density at radius 2 is 1.96 bits per heavy atom. The summed E-state index contributed by atoms with van der Waals surface area (Å²) in [4.78, 5) is 28.5. The smallest absolute Gasteiger partial charge is 0.271 e. The van der Waals surface area contributed by atoms with E-state index in [9.17, 15) is 9.59 Å². The summed E-state index contributed by atoms with van der Waals surface area (Å²) >= 11 is 0. The van der Waals surface area contributed by atoms with E-state index in [2.05, 4.69) is 5.32 Å². The summed E-state index contributed by atoms with van der Waals surface area (Å²) in [6.45, 7) is 4.98. The topological polar surface area (TPSA) is 67.5 Å². The zero-order valence-corrected chi connectivity index (χ0v) is 17.0. The molecule has 2 aliphatic rings. The molecule has 2 amide bonds. The largest absolute Gasteiger partial charge is 0.463 e. The number of nitrogens with zero attached hydrogens (tertiary/aromatic N) is 2. The third-order valence-corrected chi connectivity index (χ3v) is 6.43. The van der Waals surface area contributed by atoms with E-state index < -0.39 is 5.54 Å². The molecule has 28 heavy (non-hydrogen) atoms. The molecule has 2 aromatic heterocycles. The first-order valence-corrected chi connectivity index (χ1v) is 10.7.